The smallest absolute Gasteiger partial charge is 0.306 e. The molecule has 8 heteroatoms. The molecule has 1 amide bonds. The summed E-state index contributed by atoms with van der Waals surface area (Å²) in [6.45, 7) is 0. The molecule has 2 aromatic carbocycles. The Morgan fingerprint density at radius 3 is 2.69 bits per heavy atom. The summed E-state index contributed by atoms with van der Waals surface area (Å²) in [5, 5.41) is 13.6. The maximum Gasteiger partial charge on any atom is 0.306 e. The number of nitrogens with zero attached hydrogens (tertiary/aromatic N) is 1. The molecule has 1 aliphatic carbocycles. The Hall–Kier alpha value is -2.02. The minimum Gasteiger partial charge on any atom is -0.481 e. The molecule has 2 aromatic rings. The van der Waals surface area contributed by atoms with Crippen LogP contribution in [-0.2, 0) is 17.6 Å². The standard InChI is InChI=1S/C21H18Cl2N2O3S/c22-16-6-5-13(9-17(16)23)18-10-29-21(24-18)25-19(26)14-3-1-12-8-15(20(27)28)4-2-11(12)7-14/h1,3,5-7,9,15,18H,2,4,8,10H2,(H,27,28)(H,24,25,26). The molecule has 4 rings (SSSR count). The summed E-state index contributed by atoms with van der Waals surface area (Å²) < 4.78 is 0. The van der Waals surface area contributed by atoms with Crippen molar-refractivity contribution in [3.63, 3.8) is 0 Å². The number of carbonyl (C=O) groups is 2. The van der Waals surface area contributed by atoms with Gasteiger partial charge in [-0.15, -0.1) is 0 Å². The van der Waals surface area contributed by atoms with Gasteiger partial charge in [0, 0.05) is 11.3 Å². The Morgan fingerprint density at radius 1 is 1.10 bits per heavy atom. The van der Waals surface area contributed by atoms with Crippen LogP contribution in [0.4, 0.5) is 0 Å². The van der Waals surface area contributed by atoms with Crippen LogP contribution in [0.2, 0.25) is 10.0 Å². The highest BCUT2D eigenvalue weighted by Crippen LogP contribution is 2.33. The van der Waals surface area contributed by atoms with Gasteiger partial charge in [-0.25, -0.2) is 0 Å². The number of carbonyl (C=O) groups excluding carboxylic acids is 1. The molecule has 1 heterocycles. The first-order valence-electron chi connectivity index (χ1n) is 9.22. The summed E-state index contributed by atoms with van der Waals surface area (Å²) in [5.74, 6) is -0.599. The van der Waals surface area contributed by atoms with Gasteiger partial charge in [-0.05, 0) is 60.2 Å². The van der Waals surface area contributed by atoms with Crippen molar-refractivity contribution in [2.24, 2.45) is 10.9 Å². The lowest BCUT2D eigenvalue weighted by Gasteiger charge is -2.22. The SMILES string of the molecule is O=C(NC1=NC(c2ccc(Cl)c(Cl)c2)CS1)c1ccc2c(c1)CCC(C(=O)O)C2. The molecule has 1 aliphatic heterocycles. The van der Waals surface area contributed by atoms with Gasteiger partial charge < -0.3 is 10.4 Å². The third-order valence-corrected chi connectivity index (χ3v) is 6.95. The maximum absolute atomic E-state index is 12.7. The van der Waals surface area contributed by atoms with E-state index in [0.29, 0.717) is 45.8 Å². The Morgan fingerprint density at radius 2 is 1.93 bits per heavy atom. The first-order valence-corrected chi connectivity index (χ1v) is 11.0. The summed E-state index contributed by atoms with van der Waals surface area (Å²) in [5.41, 5.74) is 3.56. The number of amidine groups is 1. The normalized spacial score (nSPS) is 20.7. The lowest BCUT2D eigenvalue weighted by Crippen LogP contribution is -2.28. The van der Waals surface area contributed by atoms with Gasteiger partial charge in [0.1, 0.15) is 0 Å². The molecule has 2 unspecified atom stereocenters. The number of fused-ring (bicyclic) bond motifs is 1. The van der Waals surface area contributed by atoms with Gasteiger partial charge >= 0.3 is 5.97 Å². The van der Waals surface area contributed by atoms with Crippen molar-refractivity contribution in [2.45, 2.75) is 25.3 Å². The van der Waals surface area contributed by atoms with Crippen LogP contribution in [0.1, 0.15) is 39.5 Å². The van der Waals surface area contributed by atoms with E-state index in [9.17, 15) is 14.7 Å². The van der Waals surface area contributed by atoms with Crippen LogP contribution >= 0.6 is 35.0 Å². The van der Waals surface area contributed by atoms with Crippen molar-refractivity contribution < 1.29 is 14.7 Å². The fourth-order valence-corrected chi connectivity index (χ4v) is 4.86. The highest BCUT2D eigenvalue weighted by atomic mass is 35.5. The van der Waals surface area contributed by atoms with E-state index in [4.69, 9.17) is 23.2 Å². The van der Waals surface area contributed by atoms with Crippen molar-refractivity contribution in [3.8, 4) is 0 Å². The minimum absolute atomic E-state index is 0.0819. The zero-order chi connectivity index (χ0) is 20.5. The van der Waals surface area contributed by atoms with Crippen LogP contribution in [0, 0.1) is 5.92 Å². The van der Waals surface area contributed by atoms with Crippen molar-refractivity contribution in [2.75, 3.05) is 5.75 Å². The highest BCUT2D eigenvalue weighted by Gasteiger charge is 2.26. The summed E-state index contributed by atoms with van der Waals surface area (Å²) in [7, 11) is 0. The highest BCUT2D eigenvalue weighted by molar-refractivity contribution is 8.14. The average molecular weight is 449 g/mol. The number of amides is 1. The van der Waals surface area contributed by atoms with Gasteiger partial charge in [-0.1, -0.05) is 47.1 Å². The molecule has 150 valence electrons. The first kappa shape index (κ1) is 20.3. The lowest BCUT2D eigenvalue weighted by atomic mass is 9.83. The molecule has 29 heavy (non-hydrogen) atoms. The fourth-order valence-electron chi connectivity index (χ4n) is 3.61. The molecule has 2 aliphatic rings. The Kier molecular flexibility index (Phi) is 5.86. The molecule has 0 spiro atoms. The topological polar surface area (TPSA) is 78.8 Å². The van der Waals surface area contributed by atoms with Gasteiger partial charge in [0.25, 0.3) is 5.91 Å². The van der Waals surface area contributed by atoms with Crippen LogP contribution < -0.4 is 5.32 Å². The molecular formula is C21H18Cl2N2O3S. The molecule has 0 aromatic heterocycles. The Balaban J connectivity index is 1.44. The summed E-state index contributed by atoms with van der Waals surface area (Å²) in [6.07, 6.45) is 1.78. The second-order valence-corrected chi connectivity index (χ2v) is 8.97. The second-order valence-electron chi connectivity index (χ2n) is 7.15. The fraction of sp³-hybridized carbons (Fsp3) is 0.286. The number of aryl methyl sites for hydroxylation is 1. The summed E-state index contributed by atoms with van der Waals surface area (Å²) in [4.78, 5) is 28.5. The molecular weight excluding hydrogens is 431 g/mol. The number of nitrogens with one attached hydrogen (secondary N) is 1. The molecule has 5 nitrogen and oxygen atoms in total. The quantitative estimate of drug-likeness (QED) is 0.709. The van der Waals surface area contributed by atoms with Crippen LogP contribution in [-0.4, -0.2) is 27.9 Å². The number of carboxylic acids is 1. The number of aliphatic carboxylic acids is 1. The maximum atomic E-state index is 12.7. The average Bonchev–Trinajstić information content (AvgIpc) is 3.17. The zero-order valence-corrected chi connectivity index (χ0v) is 17.7. The van der Waals surface area contributed by atoms with Gasteiger partial charge in [0.15, 0.2) is 5.17 Å². The molecule has 2 atom stereocenters. The van der Waals surface area contributed by atoms with Crippen LogP contribution in [0.5, 0.6) is 0 Å². The predicted molar refractivity (Wildman–Crippen MR) is 116 cm³/mol. The molecule has 0 saturated carbocycles. The van der Waals surface area contributed by atoms with E-state index >= 15 is 0 Å². The number of hydrogen-bond acceptors (Lipinski definition) is 4. The van der Waals surface area contributed by atoms with Gasteiger partial charge in [-0.2, -0.15) is 0 Å². The zero-order valence-electron chi connectivity index (χ0n) is 15.3. The molecule has 0 radical (unpaired) electrons. The second kappa shape index (κ2) is 8.38. The van der Waals surface area contributed by atoms with E-state index in [1.807, 2.05) is 18.2 Å². The van der Waals surface area contributed by atoms with Gasteiger partial charge in [0.05, 0.1) is 22.0 Å². The number of hydrogen-bond donors (Lipinski definition) is 2. The third kappa shape index (κ3) is 4.44. The molecule has 2 N–H and O–H groups in total. The number of carboxylic acid groups (broad SMARTS) is 1. The molecule has 0 fully saturated rings. The van der Waals surface area contributed by atoms with E-state index in [0.717, 1.165) is 16.7 Å². The number of aliphatic imine (C=N–C) groups is 1. The van der Waals surface area contributed by atoms with E-state index in [1.54, 1.807) is 18.2 Å². The van der Waals surface area contributed by atoms with E-state index in [1.165, 1.54) is 11.8 Å². The molecule has 0 bridgehead atoms. The lowest BCUT2D eigenvalue weighted by molar-refractivity contribution is -0.142. The Labute approximate surface area is 182 Å². The third-order valence-electron chi connectivity index (χ3n) is 5.25. The number of halogens is 2. The Bertz CT molecular complexity index is 1020. The minimum atomic E-state index is -0.759. The van der Waals surface area contributed by atoms with Crippen molar-refractivity contribution >= 4 is 52.0 Å². The monoisotopic (exact) mass is 448 g/mol. The number of thioether (sulfide) groups is 1. The number of rotatable bonds is 3. The first-order chi connectivity index (χ1) is 13.9. The van der Waals surface area contributed by atoms with Gasteiger partial charge in [0.2, 0.25) is 0 Å². The van der Waals surface area contributed by atoms with Crippen LogP contribution in [0.15, 0.2) is 41.4 Å². The number of benzene rings is 2. The van der Waals surface area contributed by atoms with Crippen LogP contribution in [0.3, 0.4) is 0 Å². The van der Waals surface area contributed by atoms with Gasteiger partial charge in [-0.3, -0.25) is 14.6 Å². The van der Waals surface area contributed by atoms with Crippen molar-refractivity contribution in [3.05, 3.63) is 68.7 Å². The summed E-state index contributed by atoms with van der Waals surface area (Å²) in [6, 6.07) is 10.8. The summed E-state index contributed by atoms with van der Waals surface area (Å²) >= 11 is 13.5. The van der Waals surface area contributed by atoms with Crippen molar-refractivity contribution in [1.82, 2.24) is 5.32 Å². The van der Waals surface area contributed by atoms with E-state index < -0.39 is 5.97 Å². The molecule has 0 saturated heterocycles. The van der Waals surface area contributed by atoms with E-state index in [2.05, 4.69) is 10.3 Å². The predicted octanol–water partition coefficient (Wildman–Crippen LogP) is 4.76. The van der Waals surface area contributed by atoms with E-state index in [-0.39, 0.29) is 17.9 Å². The largest absolute Gasteiger partial charge is 0.481 e. The van der Waals surface area contributed by atoms with Crippen LogP contribution in [0.25, 0.3) is 0 Å². The van der Waals surface area contributed by atoms with Crippen molar-refractivity contribution in [1.29, 1.82) is 0 Å².